The Bertz CT molecular complexity index is 277. The lowest BCUT2D eigenvalue weighted by atomic mass is 9.92. The van der Waals surface area contributed by atoms with Crippen LogP contribution in [0.3, 0.4) is 0 Å². The molecule has 0 amide bonds. The first kappa shape index (κ1) is 12.8. The van der Waals surface area contributed by atoms with Crippen LogP contribution < -0.4 is 5.32 Å². The first-order valence-corrected chi connectivity index (χ1v) is 6.77. The van der Waals surface area contributed by atoms with E-state index in [9.17, 15) is 4.79 Å². The molecule has 2 rings (SSSR count). The zero-order chi connectivity index (χ0) is 12.3. The maximum Gasteiger partial charge on any atom is 0.326 e. The van der Waals surface area contributed by atoms with Gasteiger partial charge >= 0.3 is 5.97 Å². The van der Waals surface area contributed by atoms with E-state index in [1.165, 1.54) is 13.5 Å². The predicted molar refractivity (Wildman–Crippen MR) is 66.8 cm³/mol. The summed E-state index contributed by atoms with van der Waals surface area (Å²) in [5, 5.41) is 3.34. The Morgan fingerprint density at radius 2 is 2.18 bits per heavy atom. The van der Waals surface area contributed by atoms with Gasteiger partial charge in [-0.1, -0.05) is 13.3 Å². The Kier molecular flexibility index (Phi) is 4.05. The van der Waals surface area contributed by atoms with Crippen molar-refractivity contribution in [3.63, 3.8) is 0 Å². The van der Waals surface area contributed by atoms with Crippen molar-refractivity contribution in [1.82, 2.24) is 10.2 Å². The van der Waals surface area contributed by atoms with Gasteiger partial charge in [-0.15, -0.1) is 0 Å². The smallest absolute Gasteiger partial charge is 0.326 e. The monoisotopic (exact) mass is 240 g/mol. The zero-order valence-electron chi connectivity index (χ0n) is 11.0. The molecule has 4 nitrogen and oxygen atoms in total. The average molecular weight is 240 g/mol. The Morgan fingerprint density at radius 3 is 2.71 bits per heavy atom. The highest BCUT2D eigenvalue weighted by Crippen LogP contribution is 2.41. The minimum absolute atomic E-state index is 0.0182. The van der Waals surface area contributed by atoms with E-state index in [-0.39, 0.29) is 11.5 Å². The lowest BCUT2D eigenvalue weighted by molar-refractivity contribution is -0.156. The molecule has 0 spiro atoms. The third kappa shape index (κ3) is 2.33. The quantitative estimate of drug-likeness (QED) is 0.748. The van der Waals surface area contributed by atoms with Crippen LogP contribution in [0.4, 0.5) is 0 Å². The summed E-state index contributed by atoms with van der Waals surface area (Å²) in [6.45, 7) is 6.11. The first-order chi connectivity index (χ1) is 8.23. The maximum absolute atomic E-state index is 12.2. The lowest BCUT2D eigenvalue weighted by Gasteiger charge is -2.41. The van der Waals surface area contributed by atoms with Gasteiger partial charge in [0.15, 0.2) is 0 Å². The van der Waals surface area contributed by atoms with Crippen molar-refractivity contribution >= 4 is 5.97 Å². The lowest BCUT2D eigenvalue weighted by Crippen LogP contribution is -2.59. The molecule has 0 bridgehead atoms. The Labute approximate surface area is 104 Å². The van der Waals surface area contributed by atoms with E-state index >= 15 is 0 Å². The van der Waals surface area contributed by atoms with Crippen LogP contribution in [-0.4, -0.2) is 49.7 Å². The molecule has 0 aromatic rings. The Hall–Kier alpha value is -0.610. The molecule has 2 fully saturated rings. The first-order valence-electron chi connectivity index (χ1n) is 6.77. The number of carbonyl (C=O) groups excluding carboxylic acids is 1. The number of esters is 1. The highest BCUT2D eigenvalue weighted by molar-refractivity contribution is 5.81. The van der Waals surface area contributed by atoms with Crippen molar-refractivity contribution in [1.29, 1.82) is 0 Å². The van der Waals surface area contributed by atoms with Crippen LogP contribution in [0.5, 0.6) is 0 Å². The van der Waals surface area contributed by atoms with Gasteiger partial charge in [0.25, 0.3) is 0 Å². The largest absolute Gasteiger partial charge is 0.468 e. The number of carbonyl (C=O) groups is 1. The van der Waals surface area contributed by atoms with E-state index in [1.807, 2.05) is 0 Å². The molecule has 4 heteroatoms. The normalized spacial score (nSPS) is 34.8. The fraction of sp³-hybridized carbons (Fsp3) is 0.923. The van der Waals surface area contributed by atoms with Crippen LogP contribution in [0.15, 0.2) is 0 Å². The number of hydrogen-bond donors (Lipinski definition) is 1. The van der Waals surface area contributed by atoms with Crippen LogP contribution in [0.1, 0.15) is 32.6 Å². The maximum atomic E-state index is 12.2. The molecule has 0 aromatic heterocycles. The van der Waals surface area contributed by atoms with E-state index in [0.29, 0.717) is 5.92 Å². The average Bonchev–Trinajstić information content (AvgIpc) is 2.84. The summed E-state index contributed by atoms with van der Waals surface area (Å²) in [6.07, 6.45) is 4.29. The van der Waals surface area contributed by atoms with E-state index < -0.39 is 0 Å². The third-order valence-corrected chi connectivity index (χ3v) is 4.46. The van der Waals surface area contributed by atoms with E-state index in [1.54, 1.807) is 0 Å². The summed E-state index contributed by atoms with van der Waals surface area (Å²) in [5.41, 5.74) is -0.322. The van der Waals surface area contributed by atoms with Crippen molar-refractivity contribution in [3.8, 4) is 0 Å². The zero-order valence-corrected chi connectivity index (χ0v) is 11.0. The number of nitrogens with one attached hydrogen (secondary N) is 1. The van der Waals surface area contributed by atoms with Crippen LogP contribution in [-0.2, 0) is 9.53 Å². The van der Waals surface area contributed by atoms with Gasteiger partial charge in [0.1, 0.15) is 5.54 Å². The number of hydrogen-bond acceptors (Lipinski definition) is 4. The predicted octanol–water partition coefficient (Wildman–Crippen LogP) is 1.01. The van der Waals surface area contributed by atoms with Gasteiger partial charge in [0.05, 0.1) is 7.11 Å². The van der Waals surface area contributed by atoms with Gasteiger partial charge in [0, 0.05) is 26.2 Å². The van der Waals surface area contributed by atoms with Gasteiger partial charge in [-0.05, 0) is 25.2 Å². The fourth-order valence-electron chi connectivity index (χ4n) is 3.36. The van der Waals surface area contributed by atoms with Crippen molar-refractivity contribution in [3.05, 3.63) is 0 Å². The SMILES string of the molecule is CCC1CCC(C(=O)OC)(N2CCNCC2)C1. The number of rotatable bonds is 3. The summed E-state index contributed by atoms with van der Waals surface area (Å²) in [5.74, 6) is 0.666. The summed E-state index contributed by atoms with van der Waals surface area (Å²) in [7, 11) is 1.52. The highest BCUT2D eigenvalue weighted by atomic mass is 16.5. The highest BCUT2D eigenvalue weighted by Gasteiger charge is 2.50. The second kappa shape index (κ2) is 5.36. The summed E-state index contributed by atoms with van der Waals surface area (Å²) in [4.78, 5) is 14.6. The Morgan fingerprint density at radius 1 is 1.47 bits per heavy atom. The van der Waals surface area contributed by atoms with Crippen LogP contribution >= 0.6 is 0 Å². The molecule has 1 saturated heterocycles. The minimum Gasteiger partial charge on any atom is -0.468 e. The van der Waals surface area contributed by atoms with Crippen molar-refractivity contribution < 1.29 is 9.53 Å². The van der Waals surface area contributed by atoms with Gasteiger partial charge < -0.3 is 10.1 Å². The molecule has 1 aliphatic carbocycles. The number of ether oxygens (including phenoxy) is 1. The topological polar surface area (TPSA) is 41.6 Å². The van der Waals surface area contributed by atoms with Crippen molar-refractivity contribution in [2.24, 2.45) is 5.92 Å². The van der Waals surface area contributed by atoms with Gasteiger partial charge in [-0.2, -0.15) is 0 Å². The van der Waals surface area contributed by atoms with Crippen molar-refractivity contribution in [2.75, 3.05) is 33.3 Å². The molecule has 2 unspecified atom stereocenters. The number of methoxy groups -OCH3 is 1. The molecule has 1 aliphatic heterocycles. The molecule has 2 aliphatic rings. The number of nitrogens with zero attached hydrogens (tertiary/aromatic N) is 1. The number of piperazine rings is 1. The molecular weight excluding hydrogens is 216 g/mol. The molecular formula is C13H24N2O2. The molecule has 1 N–H and O–H groups in total. The van der Waals surface area contributed by atoms with Gasteiger partial charge in [0.2, 0.25) is 0 Å². The molecule has 98 valence electrons. The third-order valence-electron chi connectivity index (χ3n) is 4.46. The van der Waals surface area contributed by atoms with Crippen LogP contribution in [0, 0.1) is 5.92 Å². The van der Waals surface area contributed by atoms with Crippen LogP contribution in [0.25, 0.3) is 0 Å². The van der Waals surface area contributed by atoms with Crippen molar-refractivity contribution in [2.45, 2.75) is 38.1 Å². The second-order valence-corrected chi connectivity index (χ2v) is 5.28. The summed E-state index contributed by atoms with van der Waals surface area (Å²) in [6, 6.07) is 0. The molecule has 1 saturated carbocycles. The van der Waals surface area contributed by atoms with E-state index in [4.69, 9.17) is 4.74 Å². The molecule has 1 heterocycles. The molecule has 17 heavy (non-hydrogen) atoms. The van der Waals surface area contributed by atoms with Crippen LogP contribution in [0.2, 0.25) is 0 Å². The van der Waals surface area contributed by atoms with E-state index in [0.717, 1.165) is 45.4 Å². The molecule has 2 atom stereocenters. The summed E-state index contributed by atoms with van der Waals surface area (Å²) >= 11 is 0. The van der Waals surface area contributed by atoms with Gasteiger partial charge in [-0.25, -0.2) is 0 Å². The fourth-order valence-corrected chi connectivity index (χ4v) is 3.36. The minimum atomic E-state index is -0.322. The standard InChI is InChI=1S/C13H24N2O2/c1-3-11-4-5-13(10-11,12(16)17-2)15-8-6-14-7-9-15/h11,14H,3-10H2,1-2H3. The molecule has 0 radical (unpaired) electrons. The molecule has 0 aromatic carbocycles. The van der Waals surface area contributed by atoms with E-state index in [2.05, 4.69) is 17.1 Å². The van der Waals surface area contributed by atoms with Gasteiger partial charge in [-0.3, -0.25) is 9.69 Å². The Balaban J connectivity index is 2.15. The summed E-state index contributed by atoms with van der Waals surface area (Å²) < 4.78 is 5.08. The second-order valence-electron chi connectivity index (χ2n) is 5.28.